The quantitative estimate of drug-likeness (QED) is 0.209. The largest absolute Gasteiger partial charge is 0.456 e. The Morgan fingerprint density at radius 2 is 1.18 bits per heavy atom. The van der Waals surface area contributed by atoms with Crippen LogP contribution in [0, 0.1) is 0 Å². The summed E-state index contributed by atoms with van der Waals surface area (Å²) in [5.41, 5.74) is 10.1. The molecule has 184 valence electrons. The molecule has 0 amide bonds. The minimum atomic E-state index is 0.903. The normalized spacial score (nSPS) is 11.7. The van der Waals surface area contributed by atoms with E-state index in [1.807, 2.05) is 18.2 Å². The van der Waals surface area contributed by atoms with Gasteiger partial charge < -0.3 is 8.98 Å². The van der Waals surface area contributed by atoms with E-state index in [0.717, 1.165) is 32.1 Å². The van der Waals surface area contributed by atoms with Gasteiger partial charge in [0.05, 0.1) is 11.0 Å². The summed E-state index contributed by atoms with van der Waals surface area (Å²) in [6.45, 7) is 0. The van der Waals surface area contributed by atoms with Crippen LogP contribution in [0.15, 0.2) is 142 Å². The van der Waals surface area contributed by atoms with Crippen LogP contribution in [0.4, 0.5) is 0 Å². The summed E-state index contributed by atoms with van der Waals surface area (Å²) >= 11 is 3.71. The summed E-state index contributed by atoms with van der Waals surface area (Å²) in [6, 6.07) is 47.4. The van der Waals surface area contributed by atoms with Crippen molar-refractivity contribution in [3.63, 3.8) is 0 Å². The molecule has 0 aliphatic carbocycles. The highest BCUT2D eigenvalue weighted by Crippen LogP contribution is 2.38. The Morgan fingerprint density at radius 1 is 0.462 bits per heavy atom. The van der Waals surface area contributed by atoms with Crippen LogP contribution < -0.4 is 0 Å². The molecule has 0 aliphatic rings. The van der Waals surface area contributed by atoms with Gasteiger partial charge in [-0.25, -0.2) is 0 Å². The fourth-order valence-corrected chi connectivity index (χ4v) is 6.36. The van der Waals surface area contributed by atoms with E-state index in [-0.39, 0.29) is 0 Å². The van der Waals surface area contributed by atoms with E-state index in [0.29, 0.717) is 0 Å². The molecular formula is C36H22BrNO. The minimum Gasteiger partial charge on any atom is -0.456 e. The summed E-state index contributed by atoms with van der Waals surface area (Å²) in [4.78, 5) is 0. The lowest BCUT2D eigenvalue weighted by Gasteiger charge is -2.10. The van der Waals surface area contributed by atoms with Gasteiger partial charge in [0, 0.05) is 37.8 Å². The van der Waals surface area contributed by atoms with Crippen molar-refractivity contribution in [2.75, 3.05) is 0 Å². The van der Waals surface area contributed by atoms with E-state index >= 15 is 0 Å². The molecule has 0 saturated heterocycles. The predicted octanol–water partition coefficient (Wildman–Crippen LogP) is 10.8. The Hall–Kier alpha value is -4.60. The van der Waals surface area contributed by atoms with Gasteiger partial charge in [-0.3, -0.25) is 0 Å². The first kappa shape index (κ1) is 22.4. The van der Waals surface area contributed by atoms with Crippen LogP contribution in [-0.4, -0.2) is 4.57 Å². The van der Waals surface area contributed by atoms with Crippen molar-refractivity contribution < 1.29 is 4.42 Å². The first-order valence-corrected chi connectivity index (χ1v) is 13.8. The lowest BCUT2D eigenvalue weighted by atomic mass is 9.98. The molecule has 8 rings (SSSR count). The van der Waals surface area contributed by atoms with Gasteiger partial charge in [0.15, 0.2) is 0 Å². The van der Waals surface area contributed by atoms with Crippen LogP contribution in [-0.2, 0) is 0 Å². The molecule has 0 aliphatic heterocycles. The molecule has 0 atom stereocenters. The van der Waals surface area contributed by atoms with Crippen LogP contribution in [0.3, 0.4) is 0 Å². The van der Waals surface area contributed by atoms with E-state index in [2.05, 4.69) is 136 Å². The second-order valence-electron chi connectivity index (χ2n) is 9.92. The predicted molar refractivity (Wildman–Crippen MR) is 167 cm³/mol. The van der Waals surface area contributed by atoms with Gasteiger partial charge in [0.2, 0.25) is 0 Å². The van der Waals surface area contributed by atoms with Gasteiger partial charge in [0.25, 0.3) is 0 Å². The van der Waals surface area contributed by atoms with Crippen molar-refractivity contribution in [3.05, 3.63) is 138 Å². The first-order chi connectivity index (χ1) is 19.2. The monoisotopic (exact) mass is 563 g/mol. The number of benzene rings is 6. The summed E-state index contributed by atoms with van der Waals surface area (Å²) in [5, 5.41) is 4.76. The zero-order valence-electron chi connectivity index (χ0n) is 20.9. The number of para-hydroxylation sites is 2. The summed E-state index contributed by atoms with van der Waals surface area (Å²) in [7, 11) is 0. The number of hydrogen-bond donors (Lipinski definition) is 0. The van der Waals surface area contributed by atoms with E-state index < -0.39 is 0 Å². The lowest BCUT2D eigenvalue weighted by molar-refractivity contribution is 0.668. The number of aromatic nitrogens is 1. The molecule has 8 aromatic rings. The molecule has 2 nitrogen and oxygen atoms in total. The maximum absolute atomic E-state index is 6.23. The van der Waals surface area contributed by atoms with E-state index in [1.54, 1.807) is 0 Å². The molecule has 2 heterocycles. The number of halogens is 1. The summed E-state index contributed by atoms with van der Waals surface area (Å²) in [5.74, 6) is 0. The van der Waals surface area contributed by atoms with Gasteiger partial charge >= 0.3 is 0 Å². The molecule has 0 radical (unpaired) electrons. The number of furan rings is 1. The fraction of sp³-hybridized carbons (Fsp3) is 0. The van der Waals surface area contributed by atoms with Crippen molar-refractivity contribution >= 4 is 59.7 Å². The van der Waals surface area contributed by atoms with Gasteiger partial charge in [-0.1, -0.05) is 94.8 Å². The number of rotatable bonds is 3. The van der Waals surface area contributed by atoms with Crippen molar-refractivity contribution in [2.24, 2.45) is 0 Å². The highest BCUT2D eigenvalue weighted by Gasteiger charge is 2.15. The first-order valence-electron chi connectivity index (χ1n) is 13.0. The Kier molecular flexibility index (Phi) is 5.01. The maximum Gasteiger partial charge on any atom is 0.137 e. The van der Waals surface area contributed by atoms with Gasteiger partial charge in [-0.15, -0.1) is 0 Å². The van der Waals surface area contributed by atoms with Crippen LogP contribution in [0.1, 0.15) is 0 Å². The van der Waals surface area contributed by atoms with E-state index in [1.165, 1.54) is 44.1 Å². The fourth-order valence-electron chi connectivity index (χ4n) is 5.85. The molecule has 0 spiro atoms. The molecule has 0 fully saturated rings. The van der Waals surface area contributed by atoms with Crippen LogP contribution >= 0.6 is 15.9 Å². The molecule has 0 bridgehead atoms. The SMILES string of the molecule is Brc1ccccc1-c1cccc(-c2ccc3c(c2)c2ccccc2n3-c2ccc3c(c2)oc2ccccc23)c1. The average molecular weight is 564 g/mol. The summed E-state index contributed by atoms with van der Waals surface area (Å²) in [6.07, 6.45) is 0. The molecular weight excluding hydrogens is 542 g/mol. The number of nitrogens with zero attached hydrogens (tertiary/aromatic N) is 1. The Labute approximate surface area is 233 Å². The van der Waals surface area contributed by atoms with Gasteiger partial charge in [0.1, 0.15) is 11.2 Å². The maximum atomic E-state index is 6.23. The third-order valence-corrected chi connectivity index (χ3v) is 8.37. The Balaban J connectivity index is 1.31. The lowest BCUT2D eigenvalue weighted by Crippen LogP contribution is -1.93. The smallest absolute Gasteiger partial charge is 0.137 e. The highest BCUT2D eigenvalue weighted by molar-refractivity contribution is 9.10. The third kappa shape index (κ3) is 3.54. The van der Waals surface area contributed by atoms with E-state index in [9.17, 15) is 0 Å². The Bertz CT molecular complexity index is 2200. The standard InChI is InChI=1S/C36H22BrNO/c37-32-13-4-1-10-27(32)25-9-7-8-23(20-25)24-16-19-34-31(21-24)28-11-2-5-14-33(28)38(34)26-17-18-30-29-12-3-6-15-35(29)39-36(30)22-26/h1-22H. The molecule has 0 saturated carbocycles. The van der Waals surface area contributed by atoms with Gasteiger partial charge in [-0.05, 0) is 70.8 Å². The molecule has 3 heteroatoms. The van der Waals surface area contributed by atoms with E-state index in [4.69, 9.17) is 4.42 Å². The van der Waals surface area contributed by atoms with Crippen molar-refractivity contribution in [1.29, 1.82) is 0 Å². The van der Waals surface area contributed by atoms with Crippen LogP contribution in [0.5, 0.6) is 0 Å². The van der Waals surface area contributed by atoms with Crippen molar-refractivity contribution in [1.82, 2.24) is 4.57 Å². The van der Waals surface area contributed by atoms with Gasteiger partial charge in [-0.2, -0.15) is 0 Å². The van der Waals surface area contributed by atoms with Crippen LogP contribution in [0.2, 0.25) is 0 Å². The molecule has 6 aromatic carbocycles. The zero-order valence-corrected chi connectivity index (χ0v) is 22.5. The average Bonchev–Trinajstić information content (AvgIpc) is 3.52. The molecule has 0 N–H and O–H groups in total. The number of fused-ring (bicyclic) bond motifs is 6. The highest BCUT2D eigenvalue weighted by atomic mass is 79.9. The third-order valence-electron chi connectivity index (χ3n) is 7.67. The van der Waals surface area contributed by atoms with Crippen molar-refractivity contribution in [3.8, 4) is 27.9 Å². The minimum absolute atomic E-state index is 0.903. The van der Waals surface area contributed by atoms with Crippen molar-refractivity contribution in [2.45, 2.75) is 0 Å². The topological polar surface area (TPSA) is 18.1 Å². The second kappa shape index (κ2) is 8.72. The second-order valence-corrected chi connectivity index (χ2v) is 10.8. The molecule has 2 aromatic heterocycles. The van der Waals surface area contributed by atoms with Crippen LogP contribution in [0.25, 0.3) is 71.7 Å². The molecule has 39 heavy (non-hydrogen) atoms. The Morgan fingerprint density at radius 3 is 2.10 bits per heavy atom. The summed E-state index contributed by atoms with van der Waals surface area (Å²) < 4.78 is 9.68. The molecule has 0 unspecified atom stereocenters. The number of hydrogen-bond acceptors (Lipinski definition) is 1. The zero-order chi connectivity index (χ0) is 25.9.